The molecule has 0 aliphatic carbocycles. The first-order valence-electron chi connectivity index (χ1n) is 4.24. The van der Waals surface area contributed by atoms with E-state index < -0.39 is 0 Å². The number of hydrogen-bond donors (Lipinski definition) is 1. The van der Waals surface area contributed by atoms with Gasteiger partial charge in [-0.15, -0.1) is 0 Å². The van der Waals surface area contributed by atoms with Crippen LogP contribution >= 0.6 is 27.5 Å². The Bertz CT molecular complexity index is 466. The van der Waals surface area contributed by atoms with Gasteiger partial charge in [0.05, 0.1) is 6.54 Å². The zero-order chi connectivity index (χ0) is 10.1. The van der Waals surface area contributed by atoms with Crippen molar-refractivity contribution in [2.75, 3.05) is 6.54 Å². The molecule has 0 fully saturated rings. The van der Waals surface area contributed by atoms with Gasteiger partial charge in [0.15, 0.2) is 0 Å². The molecule has 3 nitrogen and oxygen atoms in total. The molecule has 1 aromatic heterocycles. The molecule has 0 saturated carbocycles. The van der Waals surface area contributed by atoms with E-state index in [4.69, 9.17) is 17.3 Å². The van der Waals surface area contributed by atoms with E-state index in [9.17, 15) is 0 Å². The molecule has 0 bridgehead atoms. The Hall–Kier alpha value is -0.580. The highest BCUT2D eigenvalue weighted by molar-refractivity contribution is 9.10. The molecular weight excluding hydrogens is 265 g/mol. The predicted octanol–water partition coefficient (Wildman–Crippen LogP) is 2.41. The number of rotatable bonds is 2. The fourth-order valence-electron chi connectivity index (χ4n) is 1.36. The Balaban J connectivity index is 2.67. The first-order chi connectivity index (χ1) is 6.74. The molecule has 74 valence electrons. The van der Waals surface area contributed by atoms with Crippen LogP contribution in [-0.4, -0.2) is 16.3 Å². The van der Waals surface area contributed by atoms with E-state index in [0.29, 0.717) is 18.2 Å². The van der Waals surface area contributed by atoms with Crippen LogP contribution in [0.1, 0.15) is 0 Å². The largest absolute Gasteiger partial charge is 0.329 e. The van der Waals surface area contributed by atoms with E-state index in [1.807, 2.05) is 18.2 Å². The summed E-state index contributed by atoms with van der Waals surface area (Å²) in [6.45, 7) is 1.17. The van der Waals surface area contributed by atoms with Crippen LogP contribution < -0.4 is 5.73 Å². The van der Waals surface area contributed by atoms with Crippen molar-refractivity contribution >= 4 is 38.4 Å². The summed E-state index contributed by atoms with van der Waals surface area (Å²) in [5.41, 5.74) is 6.34. The molecule has 0 unspecified atom stereocenters. The third kappa shape index (κ3) is 1.54. The van der Waals surface area contributed by atoms with Crippen LogP contribution in [0.4, 0.5) is 0 Å². The van der Waals surface area contributed by atoms with Crippen molar-refractivity contribution < 1.29 is 0 Å². The van der Waals surface area contributed by atoms with Crippen LogP contribution in [-0.2, 0) is 6.54 Å². The SMILES string of the molecule is NCCn1nc2c(Br)cccc2c1Cl. The lowest BCUT2D eigenvalue weighted by Gasteiger charge is -1.97. The van der Waals surface area contributed by atoms with Gasteiger partial charge in [0.25, 0.3) is 0 Å². The van der Waals surface area contributed by atoms with Crippen LogP contribution in [0.5, 0.6) is 0 Å². The highest BCUT2D eigenvalue weighted by Gasteiger charge is 2.09. The average Bonchev–Trinajstić information content (AvgIpc) is 2.48. The van der Waals surface area contributed by atoms with Crippen LogP contribution in [0.2, 0.25) is 5.15 Å². The molecule has 2 aromatic rings. The molecule has 5 heteroatoms. The quantitative estimate of drug-likeness (QED) is 0.914. The second-order valence-corrected chi connectivity index (χ2v) is 4.15. The second kappa shape index (κ2) is 3.88. The minimum absolute atomic E-state index is 0.533. The zero-order valence-electron chi connectivity index (χ0n) is 7.37. The van der Waals surface area contributed by atoms with Crippen LogP contribution in [0, 0.1) is 0 Å². The Morgan fingerprint density at radius 1 is 1.50 bits per heavy atom. The highest BCUT2D eigenvalue weighted by Crippen LogP contribution is 2.28. The number of nitrogens with two attached hydrogens (primary N) is 1. The lowest BCUT2D eigenvalue weighted by Crippen LogP contribution is -2.10. The Morgan fingerprint density at radius 2 is 2.29 bits per heavy atom. The molecule has 1 aromatic carbocycles. The van der Waals surface area contributed by atoms with Gasteiger partial charge in [0.1, 0.15) is 10.7 Å². The number of hydrogen-bond acceptors (Lipinski definition) is 2. The van der Waals surface area contributed by atoms with Gasteiger partial charge in [0.2, 0.25) is 0 Å². The molecule has 0 spiro atoms. The summed E-state index contributed by atoms with van der Waals surface area (Å²) < 4.78 is 2.67. The topological polar surface area (TPSA) is 43.8 Å². The van der Waals surface area contributed by atoms with E-state index in [-0.39, 0.29) is 0 Å². The first-order valence-corrected chi connectivity index (χ1v) is 5.41. The summed E-state index contributed by atoms with van der Waals surface area (Å²) in [4.78, 5) is 0. The maximum absolute atomic E-state index is 6.13. The molecule has 2 N–H and O–H groups in total. The summed E-state index contributed by atoms with van der Waals surface area (Å²) >= 11 is 9.56. The van der Waals surface area contributed by atoms with E-state index in [1.54, 1.807) is 4.68 Å². The highest BCUT2D eigenvalue weighted by atomic mass is 79.9. The van der Waals surface area contributed by atoms with Gasteiger partial charge in [-0.25, -0.2) is 0 Å². The molecule has 0 aliphatic rings. The number of aromatic nitrogens is 2. The molecule has 14 heavy (non-hydrogen) atoms. The van der Waals surface area contributed by atoms with Gasteiger partial charge in [-0.05, 0) is 28.1 Å². The van der Waals surface area contributed by atoms with Crippen molar-refractivity contribution in [2.45, 2.75) is 6.54 Å². The lowest BCUT2D eigenvalue weighted by molar-refractivity contribution is 0.632. The summed E-state index contributed by atoms with van der Waals surface area (Å²) in [5.74, 6) is 0. The van der Waals surface area contributed by atoms with Crippen molar-refractivity contribution in [3.8, 4) is 0 Å². The summed E-state index contributed by atoms with van der Waals surface area (Å²) in [7, 11) is 0. The molecular formula is C9H9BrClN3. The van der Waals surface area contributed by atoms with Gasteiger partial charge < -0.3 is 5.73 Å². The number of fused-ring (bicyclic) bond motifs is 1. The maximum atomic E-state index is 6.13. The van der Waals surface area contributed by atoms with Gasteiger partial charge in [-0.3, -0.25) is 4.68 Å². The van der Waals surface area contributed by atoms with Crippen molar-refractivity contribution in [3.63, 3.8) is 0 Å². The van der Waals surface area contributed by atoms with E-state index in [2.05, 4.69) is 21.0 Å². The Morgan fingerprint density at radius 3 is 2.93 bits per heavy atom. The molecule has 1 heterocycles. The van der Waals surface area contributed by atoms with Crippen molar-refractivity contribution in [2.24, 2.45) is 5.73 Å². The van der Waals surface area contributed by atoms with Crippen molar-refractivity contribution in [1.82, 2.24) is 9.78 Å². The number of benzene rings is 1. The zero-order valence-corrected chi connectivity index (χ0v) is 9.72. The molecule has 0 atom stereocenters. The average molecular weight is 275 g/mol. The minimum Gasteiger partial charge on any atom is -0.329 e. The van der Waals surface area contributed by atoms with Crippen LogP contribution in [0.15, 0.2) is 22.7 Å². The van der Waals surface area contributed by atoms with E-state index >= 15 is 0 Å². The Labute approximate surface area is 95.0 Å². The van der Waals surface area contributed by atoms with Gasteiger partial charge in [0, 0.05) is 16.4 Å². The standard InChI is InChI=1S/C9H9BrClN3/c10-7-3-1-2-6-8(7)13-14(5-4-12)9(6)11/h1-3H,4-5,12H2. The Kier molecular flexibility index (Phi) is 2.76. The number of nitrogens with zero attached hydrogens (tertiary/aromatic N) is 2. The minimum atomic E-state index is 0.533. The number of halogens is 2. The maximum Gasteiger partial charge on any atom is 0.134 e. The predicted molar refractivity (Wildman–Crippen MR) is 61.5 cm³/mol. The molecule has 0 radical (unpaired) electrons. The summed E-state index contributed by atoms with van der Waals surface area (Å²) in [5, 5.41) is 5.96. The van der Waals surface area contributed by atoms with Crippen molar-refractivity contribution in [1.29, 1.82) is 0 Å². The summed E-state index contributed by atoms with van der Waals surface area (Å²) in [6.07, 6.45) is 0. The third-order valence-electron chi connectivity index (χ3n) is 2.00. The van der Waals surface area contributed by atoms with Gasteiger partial charge in [-0.2, -0.15) is 5.10 Å². The van der Waals surface area contributed by atoms with E-state index in [1.165, 1.54) is 0 Å². The molecule has 2 rings (SSSR count). The normalized spacial score (nSPS) is 11.1. The molecule has 0 saturated heterocycles. The van der Waals surface area contributed by atoms with Gasteiger partial charge in [-0.1, -0.05) is 17.7 Å². The molecule has 0 amide bonds. The second-order valence-electron chi connectivity index (χ2n) is 2.94. The summed E-state index contributed by atoms with van der Waals surface area (Å²) in [6, 6.07) is 5.83. The van der Waals surface area contributed by atoms with Gasteiger partial charge >= 0.3 is 0 Å². The van der Waals surface area contributed by atoms with Crippen LogP contribution in [0.3, 0.4) is 0 Å². The fraction of sp³-hybridized carbons (Fsp3) is 0.222. The smallest absolute Gasteiger partial charge is 0.134 e. The third-order valence-corrected chi connectivity index (χ3v) is 3.04. The fourth-order valence-corrected chi connectivity index (χ4v) is 2.08. The van der Waals surface area contributed by atoms with Crippen LogP contribution in [0.25, 0.3) is 10.9 Å². The molecule has 0 aliphatic heterocycles. The van der Waals surface area contributed by atoms with E-state index in [0.717, 1.165) is 15.4 Å². The first kappa shape index (κ1) is 9.96. The lowest BCUT2D eigenvalue weighted by atomic mass is 10.3. The van der Waals surface area contributed by atoms with Crippen molar-refractivity contribution in [3.05, 3.63) is 27.8 Å². The monoisotopic (exact) mass is 273 g/mol.